The molecule has 8 heteroatoms. The third kappa shape index (κ3) is 4.25. The minimum Gasteiger partial charge on any atom is -0.494 e. The summed E-state index contributed by atoms with van der Waals surface area (Å²) in [6, 6.07) is 0. The summed E-state index contributed by atoms with van der Waals surface area (Å²) in [4.78, 5) is 20.9. The van der Waals surface area contributed by atoms with Gasteiger partial charge in [0.05, 0.1) is 13.2 Å². The summed E-state index contributed by atoms with van der Waals surface area (Å²) in [6.07, 6.45) is 2.33. The van der Waals surface area contributed by atoms with Crippen molar-refractivity contribution in [3.63, 3.8) is 0 Å². The lowest BCUT2D eigenvalue weighted by atomic mass is 10.3. The molecule has 0 radical (unpaired) electrons. The normalized spacial score (nSPS) is 16.4. The van der Waals surface area contributed by atoms with Crippen LogP contribution in [0.2, 0.25) is 0 Å². The first-order chi connectivity index (χ1) is 10.6. The van der Waals surface area contributed by atoms with Crippen LogP contribution in [0.1, 0.15) is 18.9 Å². The third-order valence-electron chi connectivity index (χ3n) is 3.61. The number of H-pyrrole nitrogens is 1. The van der Waals surface area contributed by atoms with Gasteiger partial charge in [-0.15, -0.1) is 0 Å². The monoisotopic (exact) mass is 326 g/mol. The zero-order valence-electron chi connectivity index (χ0n) is 12.7. The Kier molecular flexibility index (Phi) is 6.29. The van der Waals surface area contributed by atoms with Gasteiger partial charge in [0.2, 0.25) is 5.88 Å². The number of aliphatic imine (C=N–C) groups is 1. The molecule has 22 heavy (non-hydrogen) atoms. The van der Waals surface area contributed by atoms with Crippen LogP contribution in [-0.4, -0.2) is 65.2 Å². The summed E-state index contributed by atoms with van der Waals surface area (Å²) < 4.78 is 6.98. The number of hydrogen-bond acceptors (Lipinski definition) is 6. The van der Waals surface area contributed by atoms with Crippen LogP contribution >= 0.6 is 12.2 Å². The quantitative estimate of drug-likeness (QED) is 0.458. The number of ether oxygens (including phenoxy) is 1. The Morgan fingerprint density at radius 3 is 2.86 bits per heavy atom. The van der Waals surface area contributed by atoms with Crippen LogP contribution in [0.3, 0.4) is 0 Å². The molecule has 2 heterocycles. The fraction of sp³-hybridized carbons (Fsp3) is 0.643. The van der Waals surface area contributed by atoms with Crippen molar-refractivity contribution in [2.45, 2.75) is 19.9 Å². The van der Waals surface area contributed by atoms with Crippen molar-refractivity contribution in [3.8, 4) is 5.88 Å². The van der Waals surface area contributed by atoms with Crippen molar-refractivity contribution in [2.24, 2.45) is 4.99 Å². The first-order valence-electron chi connectivity index (χ1n) is 7.49. The minimum absolute atomic E-state index is 0.131. The van der Waals surface area contributed by atoms with E-state index in [0.29, 0.717) is 13.1 Å². The highest BCUT2D eigenvalue weighted by Gasteiger charge is 2.10. The van der Waals surface area contributed by atoms with Crippen LogP contribution in [0.4, 0.5) is 0 Å². The van der Waals surface area contributed by atoms with E-state index in [1.54, 1.807) is 0 Å². The number of rotatable bonds is 6. The number of morpholine rings is 1. The number of aromatic hydroxyl groups is 1. The molecule has 0 unspecified atom stereocenters. The zero-order chi connectivity index (χ0) is 15.9. The van der Waals surface area contributed by atoms with E-state index >= 15 is 0 Å². The molecule has 0 saturated carbocycles. The molecule has 0 bridgehead atoms. The predicted octanol–water partition coefficient (Wildman–Crippen LogP) is 0.773. The number of aromatic amines is 1. The zero-order valence-corrected chi connectivity index (χ0v) is 13.6. The van der Waals surface area contributed by atoms with Crippen LogP contribution < -0.4 is 5.56 Å². The maximum atomic E-state index is 11.8. The van der Waals surface area contributed by atoms with Crippen molar-refractivity contribution in [2.75, 3.05) is 39.4 Å². The number of hydrogen-bond donors (Lipinski definition) is 2. The Morgan fingerprint density at radius 2 is 2.18 bits per heavy atom. The van der Waals surface area contributed by atoms with Gasteiger partial charge in [-0.05, 0) is 25.6 Å². The molecule has 0 aliphatic carbocycles. The van der Waals surface area contributed by atoms with E-state index in [4.69, 9.17) is 17.0 Å². The Labute approximate surface area is 134 Å². The molecule has 122 valence electrons. The van der Waals surface area contributed by atoms with Gasteiger partial charge in [0.15, 0.2) is 4.77 Å². The van der Waals surface area contributed by atoms with Gasteiger partial charge in [-0.1, -0.05) is 0 Å². The molecular formula is C14H22N4O3S. The second-order valence-corrected chi connectivity index (χ2v) is 5.47. The van der Waals surface area contributed by atoms with E-state index in [0.717, 1.165) is 39.3 Å². The van der Waals surface area contributed by atoms with Crippen LogP contribution in [0, 0.1) is 4.77 Å². The summed E-state index contributed by atoms with van der Waals surface area (Å²) in [5.41, 5.74) is -0.258. The molecule has 1 fully saturated rings. The summed E-state index contributed by atoms with van der Waals surface area (Å²) in [5.74, 6) is -0.131. The molecule has 0 aromatic carbocycles. The molecule has 1 aliphatic heterocycles. The third-order valence-corrected chi connectivity index (χ3v) is 3.93. The van der Waals surface area contributed by atoms with Gasteiger partial charge in [0.25, 0.3) is 5.56 Å². The van der Waals surface area contributed by atoms with E-state index in [1.165, 1.54) is 10.8 Å². The number of aromatic nitrogens is 2. The van der Waals surface area contributed by atoms with E-state index in [2.05, 4.69) is 14.9 Å². The topological polar surface area (TPSA) is 82.8 Å². The standard InChI is InChI=1S/C14H22N4O3S/c1-2-18-13(20)11(12(19)16-14(18)22)10-15-4-3-5-17-6-8-21-9-7-17/h10,20H,2-9H2,1H3,(H,16,19,22). The maximum absolute atomic E-state index is 11.8. The van der Waals surface area contributed by atoms with Gasteiger partial charge in [-0.2, -0.15) is 0 Å². The van der Waals surface area contributed by atoms with Crippen molar-refractivity contribution >= 4 is 18.4 Å². The smallest absolute Gasteiger partial charge is 0.264 e. The summed E-state index contributed by atoms with van der Waals surface area (Å²) in [6.45, 7) is 7.40. The number of nitrogens with zero attached hydrogens (tertiary/aromatic N) is 3. The van der Waals surface area contributed by atoms with Crippen molar-refractivity contribution in [1.29, 1.82) is 0 Å². The fourth-order valence-electron chi connectivity index (χ4n) is 2.35. The van der Waals surface area contributed by atoms with Crippen molar-refractivity contribution in [1.82, 2.24) is 14.5 Å². The van der Waals surface area contributed by atoms with Gasteiger partial charge >= 0.3 is 0 Å². The molecule has 0 spiro atoms. The van der Waals surface area contributed by atoms with Gasteiger partial charge < -0.3 is 9.84 Å². The largest absolute Gasteiger partial charge is 0.494 e. The minimum atomic E-state index is -0.413. The average Bonchev–Trinajstić information content (AvgIpc) is 2.51. The van der Waals surface area contributed by atoms with Crippen molar-refractivity contribution in [3.05, 3.63) is 20.7 Å². The molecule has 1 saturated heterocycles. The summed E-state index contributed by atoms with van der Waals surface area (Å²) in [7, 11) is 0. The highest BCUT2D eigenvalue weighted by molar-refractivity contribution is 7.71. The van der Waals surface area contributed by atoms with Crippen LogP contribution in [0.5, 0.6) is 5.88 Å². The van der Waals surface area contributed by atoms with E-state index in [-0.39, 0.29) is 16.2 Å². The van der Waals surface area contributed by atoms with E-state index in [1.807, 2.05) is 6.92 Å². The molecule has 1 aliphatic rings. The Bertz CT molecular complexity index is 632. The molecule has 0 atom stereocenters. The van der Waals surface area contributed by atoms with Crippen LogP contribution in [0.25, 0.3) is 0 Å². The first kappa shape index (κ1) is 16.9. The molecule has 0 amide bonds. The lowest BCUT2D eigenvalue weighted by molar-refractivity contribution is 0.0377. The second-order valence-electron chi connectivity index (χ2n) is 5.08. The van der Waals surface area contributed by atoms with Crippen molar-refractivity contribution < 1.29 is 9.84 Å². The lowest BCUT2D eigenvalue weighted by Gasteiger charge is -2.26. The Balaban J connectivity index is 1.92. The second kappa shape index (κ2) is 8.21. The van der Waals surface area contributed by atoms with Gasteiger partial charge in [-0.3, -0.25) is 24.2 Å². The predicted molar refractivity (Wildman–Crippen MR) is 87.6 cm³/mol. The van der Waals surface area contributed by atoms with Crippen LogP contribution in [0.15, 0.2) is 9.79 Å². The first-order valence-corrected chi connectivity index (χ1v) is 7.90. The van der Waals surface area contributed by atoms with Gasteiger partial charge in [-0.25, -0.2) is 0 Å². The maximum Gasteiger partial charge on any atom is 0.264 e. The molecule has 1 aromatic rings. The molecule has 1 aromatic heterocycles. The SMILES string of the molecule is CCn1c(O)c(C=NCCCN2CCOCC2)c(=O)[nH]c1=S. The molecule has 7 nitrogen and oxygen atoms in total. The molecule has 2 N–H and O–H groups in total. The molecular weight excluding hydrogens is 304 g/mol. The van der Waals surface area contributed by atoms with Gasteiger partial charge in [0.1, 0.15) is 5.56 Å². The highest BCUT2D eigenvalue weighted by atomic mass is 32.1. The number of nitrogens with one attached hydrogen (secondary N) is 1. The fourth-order valence-corrected chi connectivity index (χ4v) is 2.66. The summed E-state index contributed by atoms with van der Waals surface area (Å²) >= 11 is 5.00. The van der Waals surface area contributed by atoms with Gasteiger partial charge in [0, 0.05) is 38.9 Å². The Morgan fingerprint density at radius 1 is 1.45 bits per heavy atom. The molecule has 2 rings (SSSR count). The van der Waals surface area contributed by atoms with E-state index < -0.39 is 5.56 Å². The van der Waals surface area contributed by atoms with E-state index in [9.17, 15) is 9.90 Å². The van der Waals surface area contributed by atoms with Crippen LogP contribution in [-0.2, 0) is 11.3 Å². The summed E-state index contributed by atoms with van der Waals surface area (Å²) in [5, 5.41) is 10.1. The average molecular weight is 326 g/mol. The lowest BCUT2D eigenvalue weighted by Crippen LogP contribution is -2.37. The highest BCUT2D eigenvalue weighted by Crippen LogP contribution is 2.10. The Hall–Kier alpha value is -1.51.